The van der Waals surface area contributed by atoms with Gasteiger partial charge in [-0.1, -0.05) is 11.6 Å². The van der Waals surface area contributed by atoms with E-state index in [4.69, 9.17) is 11.6 Å². The largest absolute Gasteiger partial charge is 0.334 e. The van der Waals surface area contributed by atoms with Gasteiger partial charge in [-0.25, -0.2) is 13.1 Å². The molecular weight excluding hydrogens is 386 g/mol. The Morgan fingerprint density at radius 2 is 1.93 bits per heavy atom. The van der Waals surface area contributed by atoms with Gasteiger partial charge in [0.05, 0.1) is 15.5 Å². The Hall–Kier alpha value is -1.15. The van der Waals surface area contributed by atoms with Crippen molar-refractivity contribution in [3.63, 3.8) is 0 Å². The molecule has 2 heterocycles. The third-order valence-electron chi connectivity index (χ3n) is 5.18. The number of hydrogen-bond donors (Lipinski definition) is 1. The minimum absolute atomic E-state index is 0.0687. The fourth-order valence-corrected chi connectivity index (χ4v) is 5.40. The molecule has 1 aromatic rings. The third-order valence-corrected chi connectivity index (χ3v) is 7.16. The number of nitrogens with zero attached hydrogens (tertiary/aromatic N) is 2. The Morgan fingerprint density at radius 1 is 1.22 bits per heavy atom. The molecule has 150 valence electrons. The monoisotopic (exact) mass is 413 g/mol. The van der Waals surface area contributed by atoms with Crippen LogP contribution in [0.2, 0.25) is 5.02 Å². The topological polar surface area (TPSA) is 69.7 Å². The summed E-state index contributed by atoms with van der Waals surface area (Å²) in [5, 5.41) is 0.287. The second kappa shape index (κ2) is 8.47. The molecule has 2 aliphatic rings. The zero-order chi connectivity index (χ0) is 19.6. The van der Waals surface area contributed by atoms with Gasteiger partial charge in [0.2, 0.25) is 10.0 Å². The molecule has 0 aliphatic carbocycles. The van der Waals surface area contributed by atoms with Gasteiger partial charge >= 0.3 is 0 Å². The van der Waals surface area contributed by atoms with Crippen molar-refractivity contribution >= 4 is 27.5 Å². The summed E-state index contributed by atoms with van der Waals surface area (Å²) in [4.78, 5) is 17.5. The maximum atomic E-state index is 13.2. The Labute approximate surface area is 166 Å². The van der Waals surface area contributed by atoms with Crippen LogP contribution in [-0.4, -0.2) is 62.4 Å². The quantitative estimate of drug-likeness (QED) is 0.778. The molecule has 2 fully saturated rings. The minimum atomic E-state index is -3.68. The summed E-state index contributed by atoms with van der Waals surface area (Å²) in [7, 11) is -3.68. The number of sulfonamides is 1. The van der Waals surface area contributed by atoms with Crippen molar-refractivity contribution in [2.24, 2.45) is 0 Å². The van der Waals surface area contributed by atoms with Crippen molar-refractivity contribution in [3.05, 3.63) is 28.8 Å². The third kappa shape index (κ3) is 4.83. The van der Waals surface area contributed by atoms with E-state index >= 15 is 0 Å². The second-order valence-electron chi connectivity index (χ2n) is 7.72. The molecule has 8 heteroatoms. The summed E-state index contributed by atoms with van der Waals surface area (Å²) in [5.41, 5.74) is 0.261. The summed E-state index contributed by atoms with van der Waals surface area (Å²) in [6, 6.07) is 4.28. The number of nitrogens with one attached hydrogen (secondary N) is 1. The van der Waals surface area contributed by atoms with Crippen LogP contribution in [0.1, 0.15) is 49.9 Å². The van der Waals surface area contributed by atoms with Crippen molar-refractivity contribution in [1.82, 2.24) is 14.5 Å². The van der Waals surface area contributed by atoms with Gasteiger partial charge in [-0.15, -0.1) is 0 Å². The summed E-state index contributed by atoms with van der Waals surface area (Å²) < 4.78 is 27.5. The van der Waals surface area contributed by atoms with Crippen LogP contribution >= 0.6 is 11.6 Å². The standard InChI is InChI=1S/C19H28ClN3O3S/c1-14(2)21-27(25,26)16-7-8-18(20)17(12-16)19(24)23-11-5-6-15(23)13-22-9-3-4-10-22/h7-8,12,14-15,21H,3-6,9-11,13H2,1-2H3. The van der Waals surface area contributed by atoms with Gasteiger partial charge in [0.25, 0.3) is 5.91 Å². The van der Waals surface area contributed by atoms with Crippen molar-refractivity contribution in [2.75, 3.05) is 26.2 Å². The van der Waals surface area contributed by atoms with E-state index in [0.29, 0.717) is 6.54 Å². The smallest absolute Gasteiger partial charge is 0.255 e. The van der Waals surface area contributed by atoms with E-state index in [0.717, 1.165) is 32.5 Å². The highest BCUT2D eigenvalue weighted by atomic mass is 35.5. The van der Waals surface area contributed by atoms with Gasteiger partial charge in [0, 0.05) is 25.2 Å². The van der Waals surface area contributed by atoms with Crippen molar-refractivity contribution in [2.45, 2.75) is 56.5 Å². The predicted molar refractivity (Wildman–Crippen MR) is 107 cm³/mol. The van der Waals surface area contributed by atoms with Crippen LogP contribution < -0.4 is 4.72 Å². The Kier molecular flexibility index (Phi) is 6.46. The molecule has 1 aromatic carbocycles. The first-order valence-corrected chi connectivity index (χ1v) is 11.5. The minimum Gasteiger partial charge on any atom is -0.334 e. The highest BCUT2D eigenvalue weighted by Crippen LogP contribution is 2.27. The van der Waals surface area contributed by atoms with Crippen LogP contribution in [0.25, 0.3) is 0 Å². The highest BCUT2D eigenvalue weighted by Gasteiger charge is 2.32. The molecule has 1 N–H and O–H groups in total. The summed E-state index contributed by atoms with van der Waals surface area (Å²) in [5.74, 6) is -0.178. The molecule has 2 aliphatic heterocycles. The van der Waals surface area contributed by atoms with E-state index in [2.05, 4.69) is 9.62 Å². The lowest BCUT2D eigenvalue weighted by Crippen LogP contribution is -2.42. The molecule has 1 unspecified atom stereocenters. The zero-order valence-electron chi connectivity index (χ0n) is 15.9. The zero-order valence-corrected chi connectivity index (χ0v) is 17.5. The molecular formula is C19H28ClN3O3S. The maximum Gasteiger partial charge on any atom is 0.255 e. The van der Waals surface area contributed by atoms with Crippen LogP contribution in [0.5, 0.6) is 0 Å². The number of rotatable bonds is 6. The average molecular weight is 414 g/mol. The predicted octanol–water partition coefficient (Wildman–Crippen LogP) is 2.73. The van der Waals surface area contributed by atoms with E-state index in [1.165, 1.54) is 31.0 Å². The molecule has 1 amide bonds. The van der Waals surface area contributed by atoms with E-state index in [-0.39, 0.29) is 33.5 Å². The number of benzene rings is 1. The lowest BCUT2D eigenvalue weighted by atomic mass is 10.1. The van der Waals surface area contributed by atoms with Gasteiger partial charge in [-0.3, -0.25) is 4.79 Å². The van der Waals surface area contributed by atoms with Crippen LogP contribution in [0.3, 0.4) is 0 Å². The van der Waals surface area contributed by atoms with Crippen LogP contribution in [0.4, 0.5) is 0 Å². The number of carbonyl (C=O) groups is 1. The number of carbonyl (C=O) groups excluding carboxylic acids is 1. The van der Waals surface area contributed by atoms with Gasteiger partial charge in [0.15, 0.2) is 0 Å². The fraction of sp³-hybridized carbons (Fsp3) is 0.632. The summed E-state index contributed by atoms with van der Waals surface area (Å²) in [6.07, 6.45) is 4.38. The molecule has 0 bridgehead atoms. The van der Waals surface area contributed by atoms with E-state index in [1.54, 1.807) is 13.8 Å². The Morgan fingerprint density at radius 3 is 2.59 bits per heavy atom. The van der Waals surface area contributed by atoms with E-state index < -0.39 is 10.0 Å². The van der Waals surface area contributed by atoms with Crippen molar-refractivity contribution in [3.8, 4) is 0 Å². The first-order valence-electron chi connectivity index (χ1n) is 9.63. The Bertz CT molecular complexity index is 791. The van der Waals surface area contributed by atoms with Crippen molar-refractivity contribution in [1.29, 1.82) is 0 Å². The van der Waals surface area contributed by atoms with E-state index in [1.807, 2.05) is 4.90 Å². The lowest BCUT2D eigenvalue weighted by molar-refractivity contribution is 0.0708. The normalized spacial score (nSPS) is 21.3. The van der Waals surface area contributed by atoms with Crippen LogP contribution in [-0.2, 0) is 10.0 Å². The van der Waals surface area contributed by atoms with E-state index in [9.17, 15) is 13.2 Å². The number of amides is 1. The molecule has 3 rings (SSSR count). The van der Waals surface area contributed by atoms with Crippen LogP contribution in [0, 0.1) is 0 Å². The molecule has 2 saturated heterocycles. The van der Waals surface area contributed by atoms with Gasteiger partial charge < -0.3 is 9.80 Å². The first kappa shape index (κ1) is 20.6. The van der Waals surface area contributed by atoms with Crippen LogP contribution in [0.15, 0.2) is 23.1 Å². The SMILES string of the molecule is CC(C)NS(=O)(=O)c1ccc(Cl)c(C(=O)N2CCCC2CN2CCCC2)c1. The van der Waals surface area contributed by atoms with Gasteiger partial charge in [0.1, 0.15) is 0 Å². The molecule has 0 aromatic heterocycles. The summed E-state index contributed by atoms with van der Waals surface area (Å²) in [6.45, 7) is 7.27. The molecule has 6 nitrogen and oxygen atoms in total. The highest BCUT2D eigenvalue weighted by molar-refractivity contribution is 7.89. The first-order chi connectivity index (χ1) is 12.8. The number of likely N-dealkylation sites (tertiary alicyclic amines) is 2. The second-order valence-corrected chi connectivity index (χ2v) is 9.84. The Balaban J connectivity index is 1.82. The molecule has 0 radical (unpaired) electrons. The number of hydrogen-bond acceptors (Lipinski definition) is 4. The molecule has 1 atom stereocenters. The summed E-state index contributed by atoms with van der Waals surface area (Å²) >= 11 is 6.27. The van der Waals surface area contributed by atoms with Gasteiger partial charge in [-0.2, -0.15) is 0 Å². The fourth-order valence-electron chi connectivity index (χ4n) is 3.92. The lowest BCUT2D eigenvalue weighted by Gasteiger charge is -2.29. The van der Waals surface area contributed by atoms with Crippen molar-refractivity contribution < 1.29 is 13.2 Å². The maximum absolute atomic E-state index is 13.2. The average Bonchev–Trinajstić information content (AvgIpc) is 3.25. The van der Waals surface area contributed by atoms with Gasteiger partial charge in [-0.05, 0) is 70.8 Å². The molecule has 0 spiro atoms. The molecule has 27 heavy (non-hydrogen) atoms. The number of halogens is 1. The molecule has 0 saturated carbocycles.